The smallest absolute Gasteiger partial charge is 0.0105 e. The molecule has 0 nitrogen and oxygen atoms in total. The zero-order valence-corrected chi connectivity index (χ0v) is 18.1. The van der Waals surface area contributed by atoms with Crippen molar-refractivity contribution in [1.82, 2.24) is 0 Å². The molecule has 0 atom stereocenters. The SMILES string of the molecule is C=C(c1ccccc1)c1ccccc1-c1ccccc1.c1ccc(-c2ccccc2)cc1. The molecule has 0 heterocycles. The van der Waals surface area contributed by atoms with E-state index in [1.54, 1.807) is 0 Å². The van der Waals surface area contributed by atoms with Crippen molar-refractivity contribution in [3.8, 4) is 22.3 Å². The quantitative estimate of drug-likeness (QED) is 0.278. The summed E-state index contributed by atoms with van der Waals surface area (Å²) in [5, 5.41) is 0. The average molecular weight is 411 g/mol. The lowest BCUT2D eigenvalue weighted by Crippen LogP contribution is -1.90. The fraction of sp³-hybridized carbons (Fsp3) is 0. The van der Waals surface area contributed by atoms with Crippen LogP contribution >= 0.6 is 0 Å². The Kier molecular flexibility index (Phi) is 7.08. The summed E-state index contributed by atoms with van der Waals surface area (Å²) >= 11 is 0. The van der Waals surface area contributed by atoms with Crippen LogP contribution in [0.3, 0.4) is 0 Å². The third kappa shape index (κ3) is 5.30. The van der Waals surface area contributed by atoms with Gasteiger partial charge >= 0.3 is 0 Å². The van der Waals surface area contributed by atoms with Gasteiger partial charge in [0.1, 0.15) is 0 Å². The van der Waals surface area contributed by atoms with Gasteiger partial charge in [0.2, 0.25) is 0 Å². The Labute approximate surface area is 191 Å². The Bertz CT molecular complexity index is 1200. The lowest BCUT2D eigenvalue weighted by molar-refractivity contribution is 1.53. The van der Waals surface area contributed by atoms with Crippen LogP contribution in [0.4, 0.5) is 0 Å². The first-order chi connectivity index (χ1) is 15.8. The molecule has 0 N–H and O–H groups in total. The van der Waals surface area contributed by atoms with Crippen molar-refractivity contribution < 1.29 is 0 Å². The minimum Gasteiger partial charge on any atom is -0.0905 e. The molecule has 0 amide bonds. The maximum absolute atomic E-state index is 4.28. The molecule has 154 valence electrons. The minimum absolute atomic E-state index is 1.06. The molecule has 0 heteroatoms. The van der Waals surface area contributed by atoms with Crippen LogP contribution in [0.5, 0.6) is 0 Å². The summed E-state index contributed by atoms with van der Waals surface area (Å²) in [6.45, 7) is 4.28. The van der Waals surface area contributed by atoms with Crippen LogP contribution < -0.4 is 0 Å². The van der Waals surface area contributed by atoms with Gasteiger partial charge in [0.05, 0.1) is 0 Å². The van der Waals surface area contributed by atoms with Crippen LogP contribution in [-0.4, -0.2) is 0 Å². The summed E-state index contributed by atoms with van der Waals surface area (Å²) in [4.78, 5) is 0. The Balaban J connectivity index is 0.000000174. The first kappa shape index (κ1) is 21.1. The maximum Gasteiger partial charge on any atom is -0.0105 e. The standard InChI is InChI=1S/C20H16.C12H10/c1-16(17-10-4-2-5-11-17)19-14-8-9-15-20(19)18-12-6-3-7-13-18;1-3-7-11(8-4-1)12-9-5-2-6-10-12/h2-15H,1H2;1-10H. The molecule has 0 fully saturated rings. The maximum atomic E-state index is 4.28. The van der Waals surface area contributed by atoms with Gasteiger partial charge in [-0.1, -0.05) is 152 Å². The first-order valence-corrected chi connectivity index (χ1v) is 10.8. The summed E-state index contributed by atoms with van der Waals surface area (Å²) < 4.78 is 0. The molecular formula is C32H26. The molecule has 0 spiro atoms. The van der Waals surface area contributed by atoms with Crippen LogP contribution in [0.2, 0.25) is 0 Å². The van der Waals surface area contributed by atoms with E-state index in [1.165, 1.54) is 27.8 Å². The summed E-state index contributed by atoms with van der Waals surface area (Å²) in [6, 6.07) is 50.0. The van der Waals surface area contributed by atoms with Gasteiger partial charge in [-0.15, -0.1) is 0 Å². The molecule has 5 aromatic carbocycles. The van der Waals surface area contributed by atoms with Crippen LogP contribution in [0.25, 0.3) is 27.8 Å². The van der Waals surface area contributed by atoms with Gasteiger partial charge in [-0.2, -0.15) is 0 Å². The van der Waals surface area contributed by atoms with Gasteiger partial charge in [0.15, 0.2) is 0 Å². The highest BCUT2D eigenvalue weighted by Gasteiger charge is 2.08. The molecule has 0 bridgehead atoms. The molecule has 0 saturated heterocycles. The highest BCUT2D eigenvalue weighted by atomic mass is 14.1. The summed E-state index contributed by atoms with van der Waals surface area (Å²) in [5.74, 6) is 0. The second-order valence-electron chi connectivity index (χ2n) is 7.49. The van der Waals surface area contributed by atoms with E-state index in [1.807, 2.05) is 36.4 Å². The number of hydrogen-bond donors (Lipinski definition) is 0. The van der Waals surface area contributed by atoms with Crippen molar-refractivity contribution in [2.75, 3.05) is 0 Å². The predicted molar refractivity (Wildman–Crippen MR) is 138 cm³/mol. The molecule has 5 aromatic rings. The van der Waals surface area contributed by atoms with E-state index in [2.05, 4.69) is 116 Å². The van der Waals surface area contributed by atoms with Crippen LogP contribution in [0.1, 0.15) is 11.1 Å². The van der Waals surface area contributed by atoms with E-state index < -0.39 is 0 Å². The molecule has 0 aliphatic heterocycles. The van der Waals surface area contributed by atoms with Crippen molar-refractivity contribution in [3.63, 3.8) is 0 Å². The third-order valence-electron chi connectivity index (χ3n) is 5.34. The van der Waals surface area contributed by atoms with E-state index in [-0.39, 0.29) is 0 Å². The molecule has 0 saturated carbocycles. The molecule has 0 aliphatic rings. The zero-order chi connectivity index (χ0) is 22.0. The van der Waals surface area contributed by atoms with Gasteiger partial charge in [-0.25, -0.2) is 0 Å². The van der Waals surface area contributed by atoms with Crippen LogP contribution in [0.15, 0.2) is 152 Å². The minimum atomic E-state index is 1.06. The van der Waals surface area contributed by atoms with Crippen molar-refractivity contribution >= 4 is 5.57 Å². The molecule has 0 aromatic heterocycles. The molecule has 32 heavy (non-hydrogen) atoms. The molecular weight excluding hydrogens is 384 g/mol. The molecule has 0 radical (unpaired) electrons. The number of rotatable bonds is 4. The summed E-state index contributed by atoms with van der Waals surface area (Å²) in [7, 11) is 0. The van der Waals surface area contributed by atoms with Crippen LogP contribution in [-0.2, 0) is 0 Å². The number of hydrogen-bond acceptors (Lipinski definition) is 0. The van der Waals surface area contributed by atoms with E-state index >= 15 is 0 Å². The Morgan fingerprint density at radius 1 is 0.375 bits per heavy atom. The van der Waals surface area contributed by atoms with Gasteiger partial charge < -0.3 is 0 Å². The highest BCUT2D eigenvalue weighted by Crippen LogP contribution is 2.31. The van der Waals surface area contributed by atoms with Gasteiger partial charge in [-0.3, -0.25) is 0 Å². The van der Waals surface area contributed by atoms with Gasteiger partial charge in [0, 0.05) is 0 Å². The van der Waals surface area contributed by atoms with Crippen LogP contribution in [0, 0.1) is 0 Å². The lowest BCUT2D eigenvalue weighted by atomic mass is 9.92. The Hall–Kier alpha value is -4.16. The zero-order valence-electron chi connectivity index (χ0n) is 18.1. The fourth-order valence-electron chi connectivity index (χ4n) is 3.67. The third-order valence-corrected chi connectivity index (χ3v) is 5.34. The van der Waals surface area contributed by atoms with Crippen molar-refractivity contribution in [2.45, 2.75) is 0 Å². The second kappa shape index (κ2) is 10.7. The van der Waals surface area contributed by atoms with E-state index in [0.29, 0.717) is 0 Å². The fourth-order valence-corrected chi connectivity index (χ4v) is 3.67. The van der Waals surface area contributed by atoms with E-state index in [4.69, 9.17) is 0 Å². The summed E-state index contributed by atoms with van der Waals surface area (Å²) in [5.41, 5.74) is 8.41. The van der Waals surface area contributed by atoms with E-state index in [9.17, 15) is 0 Å². The topological polar surface area (TPSA) is 0 Å². The Morgan fingerprint density at radius 3 is 1.25 bits per heavy atom. The molecule has 0 unspecified atom stereocenters. The van der Waals surface area contributed by atoms with E-state index in [0.717, 1.165) is 11.1 Å². The number of benzene rings is 5. The monoisotopic (exact) mass is 410 g/mol. The largest absolute Gasteiger partial charge is 0.0905 e. The first-order valence-electron chi connectivity index (χ1n) is 10.8. The second-order valence-corrected chi connectivity index (χ2v) is 7.49. The predicted octanol–water partition coefficient (Wildman–Crippen LogP) is 8.77. The van der Waals surface area contributed by atoms with Crippen molar-refractivity contribution in [1.29, 1.82) is 0 Å². The summed E-state index contributed by atoms with van der Waals surface area (Å²) in [6.07, 6.45) is 0. The van der Waals surface area contributed by atoms with Crippen molar-refractivity contribution in [3.05, 3.63) is 163 Å². The van der Waals surface area contributed by atoms with Gasteiger partial charge in [-0.05, 0) is 39.0 Å². The highest BCUT2D eigenvalue weighted by molar-refractivity contribution is 5.87. The normalized spacial score (nSPS) is 10.0. The average Bonchev–Trinajstić information content (AvgIpc) is 2.91. The van der Waals surface area contributed by atoms with Crippen molar-refractivity contribution in [2.24, 2.45) is 0 Å². The lowest BCUT2D eigenvalue weighted by Gasteiger charge is -2.12. The van der Waals surface area contributed by atoms with Gasteiger partial charge in [0.25, 0.3) is 0 Å². The molecule has 5 rings (SSSR count). The molecule has 0 aliphatic carbocycles. The Morgan fingerprint density at radius 2 is 0.750 bits per heavy atom.